The second kappa shape index (κ2) is 7.50. The molecule has 2 amide bonds. The predicted octanol–water partition coefficient (Wildman–Crippen LogP) is 3.55. The molecule has 4 rings (SSSR count). The van der Waals surface area contributed by atoms with Gasteiger partial charge in [0.25, 0.3) is 17.4 Å². The van der Waals surface area contributed by atoms with Gasteiger partial charge in [-0.15, -0.1) is 0 Å². The number of nitrogens with one attached hydrogen (secondary N) is 2. The summed E-state index contributed by atoms with van der Waals surface area (Å²) in [5.41, 5.74) is 2.28. The number of para-hydroxylation sites is 1. The van der Waals surface area contributed by atoms with Gasteiger partial charge in [-0.25, -0.2) is 4.68 Å². The van der Waals surface area contributed by atoms with Crippen molar-refractivity contribution in [2.75, 3.05) is 5.32 Å². The third-order valence-corrected chi connectivity index (χ3v) is 5.47. The van der Waals surface area contributed by atoms with Gasteiger partial charge in [0.15, 0.2) is 0 Å². The number of fused-ring (bicyclic) bond motifs is 1. The van der Waals surface area contributed by atoms with Crippen LogP contribution in [0.5, 0.6) is 5.75 Å². The third kappa shape index (κ3) is 3.41. The second-order valence-electron chi connectivity index (χ2n) is 7.31. The average molecular weight is 425 g/mol. The summed E-state index contributed by atoms with van der Waals surface area (Å²) in [6, 6.07) is 14.6. The fraction of sp³-hybridized carbons (Fsp3) is 0.227. The molecule has 1 unspecified atom stereocenters. The van der Waals surface area contributed by atoms with E-state index in [2.05, 4.69) is 15.7 Å². The molecule has 1 aliphatic heterocycles. The number of benzene rings is 2. The maximum atomic E-state index is 12.9. The zero-order valence-electron chi connectivity index (χ0n) is 16.8. The van der Waals surface area contributed by atoms with Crippen molar-refractivity contribution in [1.82, 2.24) is 15.1 Å². The molecule has 8 heteroatoms. The number of carbonyl (C=O) groups excluding carboxylic acids is 2. The number of hydrogen-bond acceptors (Lipinski definition) is 4. The molecule has 0 bridgehead atoms. The first kappa shape index (κ1) is 20.0. The molecule has 1 aromatic heterocycles. The van der Waals surface area contributed by atoms with Crippen molar-refractivity contribution in [3.8, 4) is 11.4 Å². The van der Waals surface area contributed by atoms with Gasteiger partial charge in [0.05, 0.1) is 17.1 Å². The number of carbonyl (C=O) groups is 2. The first-order chi connectivity index (χ1) is 14.3. The van der Waals surface area contributed by atoms with Gasteiger partial charge in [0.1, 0.15) is 5.75 Å². The molecule has 2 heterocycles. The Kier molecular flexibility index (Phi) is 4.99. The lowest BCUT2D eigenvalue weighted by Crippen LogP contribution is -2.58. The van der Waals surface area contributed by atoms with Crippen molar-refractivity contribution in [3.63, 3.8) is 0 Å². The number of hydrogen-bond donors (Lipinski definition) is 2. The Morgan fingerprint density at radius 2 is 1.97 bits per heavy atom. The molecule has 2 aromatic carbocycles. The van der Waals surface area contributed by atoms with E-state index in [1.165, 1.54) is 6.92 Å². The summed E-state index contributed by atoms with van der Waals surface area (Å²) in [7, 11) is 0. The van der Waals surface area contributed by atoms with E-state index in [1.54, 1.807) is 18.2 Å². The van der Waals surface area contributed by atoms with Gasteiger partial charge in [-0.1, -0.05) is 29.8 Å². The molecule has 1 aliphatic rings. The van der Waals surface area contributed by atoms with Gasteiger partial charge >= 0.3 is 0 Å². The van der Waals surface area contributed by atoms with Crippen LogP contribution in [-0.4, -0.2) is 27.2 Å². The molecular weight excluding hydrogens is 404 g/mol. The Morgan fingerprint density at radius 3 is 2.70 bits per heavy atom. The number of aromatic nitrogens is 2. The molecular formula is C22H21ClN4O3. The van der Waals surface area contributed by atoms with Crippen LogP contribution in [0.2, 0.25) is 5.02 Å². The van der Waals surface area contributed by atoms with E-state index >= 15 is 0 Å². The minimum atomic E-state index is -1.70. The highest BCUT2D eigenvalue weighted by Gasteiger charge is 2.47. The molecule has 0 fully saturated rings. The van der Waals surface area contributed by atoms with Crippen LogP contribution >= 0.6 is 11.6 Å². The quantitative estimate of drug-likeness (QED) is 0.627. The SMILES string of the molecule is Cc1nn(-c2ccccc2)c(C)c1CNC(=O)C1(C)Oc2ccc(Cl)cc2NC1=O. The van der Waals surface area contributed by atoms with Crippen molar-refractivity contribution >= 4 is 29.1 Å². The lowest BCUT2D eigenvalue weighted by atomic mass is 10.0. The molecule has 0 saturated carbocycles. The molecule has 30 heavy (non-hydrogen) atoms. The van der Waals surface area contributed by atoms with E-state index < -0.39 is 17.4 Å². The van der Waals surface area contributed by atoms with Crippen molar-refractivity contribution in [3.05, 3.63) is 70.5 Å². The summed E-state index contributed by atoms with van der Waals surface area (Å²) in [6.07, 6.45) is 0. The Balaban J connectivity index is 1.53. The van der Waals surface area contributed by atoms with Crippen LogP contribution in [0.1, 0.15) is 23.9 Å². The van der Waals surface area contributed by atoms with E-state index in [9.17, 15) is 9.59 Å². The smallest absolute Gasteiger partial charge is 0.278 e. The highest BCUT2D eigenvalue weighted by molar-refractivity contribution is 6.31. The van der Waals surface area contributed by atoms with Gasteiger partial charge in [-0.2, -0.15) is 5.10 Å². The molecule has 3 aromatic rings. The van der Waals surface area contributed by atoms with Gasteiger partial charge in [0, 0.05) is 22.8 Å². The number of ether oxygens (including phenoxy) is 1. The first-order valence-electron chi connectivity index (χ1n) is 9.48. The summed E-state index contributed by atoms with van der Waals surface area (Å²) in [5, 5.41) is 10.6. The maximum absolute atomic E-state index is 12.9. The van der Waals surface area contributed by atoms with Crippen molar-refractivity contribution < 1.29 is 14.3 Å². The second-order valence-corrected chi connectivity index (χ2v) is 7.75. The fourth-order valence-corrected chi connectivity index (χ4v) is 3.61. The molecule has 154 valence electrons. The molecule has 0 spiro atoms. The molecule has 0 aliphatic carbocycles. The highest BCUT2D eigenvalue weighted by Crippen LogP contribution is 2.35. The summed E-state index contributed by atoms with van der Waals surface area (Å²) < 4.78 is 7.60. The van der Waals surface area contributed by atoms with Crippen LogP contribution in [0.3, 0.4) is 0 Å². The summed E-state index contributed by atoms with van der Waals surface area (Å²) >= 11 is 5.96. The van der Waals surface area contributed by atoms with E-state index in [0.29, 0.717) is 16.5 Å². The van der Waals surface area contributed by atoms with Gasteiger partial charge in [-0.3, -0.25) is 9.59 Å². The highest BCUT2D eigenvalue weighted by atomic mass is 35.5. The Hall–Kier alpha value is -3.32. The zero-order valence-corrected chi connectivity index (χ0v) is 17.6. The standard InChI is InChI=1S/C22H21ClN4O3/c1-13-17(14(2)27(26-13)16-7-5-4-6-8-16)12-24-20(28)22(3)21(29)25-18-11-15(23)9-10-19(18)30-22/h4-11H,12H2,1-3H3,(H,24,28)(H,25,29). The number of halogens is 1. The summed E-state index contributed by atoms with van der Waals surface area (Å²) in [4.78, 5) is 25.5. The van der Waals surface area contributed by atoms with Crippen LogP contribution < -0.4 is 15.4 Å². The Labute approximate surface area is 179 Å². The first-order valence-corrected chi connectivity index (χ1v) is 9.86. The van der Waals surface area contributed by atoms with Crippen LogP contribution in [-0.2, 0) is 16.1 Å². The third-order valence-electron chi connectivity index (χ3n) is 5.24. The van der Waals surface area contributed by atoms with Gasteiger partial charge < -0.3 is 15.4 Å². The summed E-state index contributed by atoms with van der Waals surface area (Å²) in [6.45, 7) is 5.50. The number of rotatable bonds is 4. The monoisotopic (exact) mass is 424 g/mol. The minimum Gasteiger partial charge on any atom is -0.466 e. The van der Waals surface area contributed by atoms with Crippen LogP contribution in [0.15, 0.2) is 48.5 Å². The molecule has 7 nitrogen and oxygen atoms in total. The lowest BCUT2D eigenvalue weighted by molar-refractivity contribution is -0.146. The van der Waals surface area contributed by atoms with Crippen molar-refractivity contribution in [1.29, 1.82) is 0 Å². The van der Waals surface area contributed by atoms with E-state index in [4.69, 9.17) is 16.3 Å². The van der Waals surface area contributed by atoms with Crippen LogP contribution in [0, 0.1) is 13.8 Å². The number of anilines is 1. The van der Waals surface area contributed by atoms with Crippen LogP contribution in [0.4, 0.5) is 5.69 Å². The van der Waals surface area contributed by atoms with Crippen LogP contribution in [0.25, 0.3) is 5.69 Å². The summed E-state index contributed by atoms with van der Waals surface area (Å²) in [5.74, 6) is -0.698. The minimum absolute atomic E-state index is 0.225. The predicted molar refractivity (Wildman–Crippen MR) is 114 cm³/mol. The fourth-order valence-electron chi connectivity index (χ4n) is 3.43. The maximum Gasteiger partial charge on any atom is 0.278 e. The number of nitrogens with zero attached hydrogens (tertiary/aromatic N) is 2. The molecule has 0 saturated heterocycles. The largest absolute Gasteiger partial charge is 0.466 e. The van der Waals surface area contributed by atoms with Gasteiger partial charge in [-0.05, 0) is 51.1 Å². The molecule has 2 N–H and O–H groups in total. The van der Waals surface area contributed by atoms with E-state index in [-0.39, 0.29) is 6.54 Å². The molecule has 1 atom stereocenters. The number of amides is 2. The Bertz CT molecular complexity index is 1140. The van der Waals surface area contributed by atoms with Gasteiger partial charge in [0.2, 0.25) is 0 Å². The number of aryl methyl sites for hydroxylation is 1. The Morgan fingerprint density at radius 1 is 1.23 bits per heavy atom. The molecule has 0 radical (unpaired) electrons. The van der Waals surface area contributed by atoms with Crippen molar-refractivity contribution in [2.24, 2.45) is 0 Å². The average Bonchev–Trinajstić information content (AvgIpc) is 3.01. The van der Waals surface area contributed by atoms with Crippen molar-refractivity contribution in [2.45, 2.75) is 32.9 Å². The lowest BCUT2D eigenvalue weighted by Gasteiger charge is -2.33. The van der Waals surface area contributed by atoms with E-state index in [0.717, 1.165) is 22.6 Å². The van der Waals surface area contributed by atoms with E-state index in [1.807, 2.05) is 48.9 Å². The zero-order chi connectivity index (χ0) is 21.5. The topological polar surface area (TPSA) is 85.2 Å². The normalized spacial score (nSPS) is 17.7.